The Morgan fingerprint density at radius 3 is 2.94 bits per heavy atom. The third kappa shape index (κ3) is 2.82. The molecule has 0 spiro atoms. The van der Waals surface area contributed by atoms with Gasteiger partial charge in [0.05, 0.1) is 18.3 Å². The Morgan fingerprint density at radius 1 is 1.47 bits per heavy atom. The fourth-order valence-electron chi connectivity index (χ4n) is 2.52. The second-order valence-corrected chi connectivity index (χ2v) is 5.15. The fourth-order valence-corrected chi connectivity index (χ4v) is 2.83. The van der Waals surface area contributed by atoms with E-state index in [1.54, 1.807) is 0 Å². The second kappa shape index (κ2) is 5.38. The van der Waals surface area contributed by atoms with Gasteiger partial charge >= 0.3 is 0 Å². The molecule has 0 radical (unpaired) electrons. The molecule has 1 N–H and O–H groups in total. The lowest BCUT2D eigenvalue weighted by atomic mass is 9.83. The summed E-state index contributed by atoms with van der Waals surface area (Å²) >= 11 is 6.17. The zero-order valence-electron chi connectivity index (χ0n) is 10.2. The van der Waals surface area contributed by atoms with Crippen molar-refractivity contribution in [1.82, 2.24) is 0 Å². The topological polar surface area (TPSA) is 29.5 Å². The zero-order chi connectivity index (χ0) is 12.3. The molecule has 1 aliphatic heterocycles. The van der Waals surface area contributed by atoms with E-state index >= 15 is 0 Å². The van der Waals surface area contributed by atoms with Crippen LogP contribution < -0.4 is 0 Å². The van der Waals surface area contributed by atoms with Gasteiger partial charge in [-0.15, -0.1) is 0 Å². The van der Waals surface area contributed by atoms with Crippen LogP contribution in [-0.4, -0.2) is 17.8 Å². The number of ether oxygens (including phenoxy) is 1. The van der Waals surface area contributed by atoms with Gasteiger partial charge in [0, 0.05) is 23.4 Å². The summed E-state index contributed by atoms with van der Waals surface area (Å²) in [7, 11) is 0. The van der Waals surface area contributed by atoms with Crippen LogP contribution in [0.4, 0.5) is 0 Å². The van der Waals surface area contributed by atoms with E-state index in [1.807, 2.05) is 24.3 Å². The first-order valence-electron chi connectivity index (χ1n) is 6.25. The molecular weight excluding hydrogens is 236 g/mol. The maximum Gasteiger partial charge on any atom is 0.0957 e. The second-order valence-electron chi connectivity index (χ2n) is 4.75. The molecule has 0 saturated carbocycles. The predicted octanol–water partition coefficient (Wildman–Crippen LogP) is 3.51. The monoisotopic (exact) mass is 254 g/mol. The van der Waals surface area contributed by atoms with Crippen LogP contribution in [0.25, 0.3) is 0 Å². The molecule has 2 atom stereocenters. The molecule has 94 valence electrons. The van der Waals surface area contributed by atoms with Crippen LogP contribution in [0.2, 0.25) is 5.02 Å². The van der Waals surface area contributed by atoms with E-state index in [1.165, 1.54) is 0 Å². The van der Waals surface area contributed by atoms with Crippen molar-refractivity contribution in [2.45, 2.75) is 44.3 Å². The molecule has 2 nitrogen and oxygen atoms in total. The van der Waals surface area contributed by atoms with E-state index in [2.05, 4.69) is 6.92 Å². The normalized spacial score (nSPS) is 29.2. The molecule has 2 rings (SSSR count). The Kier molecular flexibility index (Phi) is 4.08. The zero-order valence-corrected chi connectivity index (χ0v) is 10.9. The summed E-state index contributed by atoms with van der Waals surface area (Å²) in [6.07, 6.45) is 3.48. The molecule has 1 aliphatic rings. The Bertz CT molecular complexity index is 378. The van der Waals surface area contributed by atoms with Gasteiger partial charge in [0.1, 0.15) is 0 Å². The molecule has 0 bridgehead atoms. The lowest BCUT2D eigenvalue weighted by molar-refractivity contribution is -0.110. The standard InChI is InChI=1S/C14H19ClO2/c1-2-5-11-10-14(16,8-9-17-11)12-6-3-4-7-13(12)15/h3-4,6-7,11,16H,2,5,8-10H2,1H3. The van der Waals surface area contributed by atoms with Crippen LogP contribution in [0.3, 0.4) is 0 Å². The molecule has 1 aromatic carbocycles. The largest absolute Gasteiger partial charge is 0.385 e. The average molecular weight is 255 g/mol. The van der Waals surface area contributed by atoms with E-state index in [-0.39, 0.29) is 6.10 Å². The highest BCUT2D eigenvalue weighted by Crippen LogP contribution is 2.38. The smallest absolute Gasteiger partial charge is 0.0957 e. The van der Waals surface area contributed by atoms with Crippen molar-refractivity contribution in [2.75, 3.05) is 6.61 Å². The number of halogens is 1. The van der Waals surface area contributed by atoms with Gasteiger partial charge in [0.15, 0.2) is 0 Å². The van der Waals surface area contributed by atoms with Crippen molar-refractivity contribution in [1.29, 1.82) is 0 Å². The van der Waals surface area contributed by atoms with Gasteiger partial charge in [-0.3, -0.25) is 0 Å². The van der Waals surface area contributed by atoms with Crippen LogP contribution in [0.1, 0.15) is 38.2 Å². The lowest BCUT2D eigenvalue weighted by Gasteiger charge is -2.37. The van der Waals surface area contributed by atoms with Gasteiger partial charge in [0.25, 0.3) is 0 Å². The van der Waals surface area contributed by atoms with Crippen LogP contribution in [0, 0.1) is 0 Å². The summed E-state index contributed by atoms with van der Waals surface area (Å²) in [4.78, 5) is 0. The van der Waals surface area contributed by atoms with E-state index in [4.69, 9.17) is 16.3 Å². The average Bonchev–Trinajstić information content (AvgIpc) is 2.30. The van der Waals surface area contributed by atoms with Crippen LogP contribution in [0.5, 0.6) is 0 Å². The van der Waals surface area contributed by atoms with Crippen LogP contribution >= 0.6 is 11.6 Å². The van der Waals surface area contributed by atoms with E-state index < -0.39 is 5.60 Å². The van der Waals surface area contributed by atoms with E-state index in [0.29, 0.717) is 24.5 Å². The summed E-state index contributed by atoms with van der Waals surface area (Å²) in [6, 6.07) is 7.55. The van der Waals surface area contributed by atoms with Crippen LogP contribution in [0.15, 0.2) is 24.3 Å². The van der Waals surface area contributed by atoms with Gasteiger partial charge in [-0.25, -0.2) is 0 Å². The molecular formula is C14H19ClO2. The fraction of sp³-hybridized carbons (Fsp3) is 0.571. The van der Waals surface area contributed by atoms with Gasteiger partial charge < -0.3 is 9.84 Å². The van der Waals surface area contributed by atoms with Crippen molar-refractivity contribution in [3.05, 3.63) is 34.9 Å². The minimum absolute atomic E-state index is 0.148. The van der Waals surface area contributed by atoms with Gasteiger partial charge in [0.2, 0.25) is 0 Å². The number of hydrogen-bond acceptors (Lipinski definition) is 2. The van der Waals surface area contributed by atoms with Crippen molar-refractivity contribution in [3.8, 4) is 0 Å². The van der Waals surface area contributed by atoms with Crippen LogP contribution in [-0.2, 0) is 10.3 Å². The molecule has 1 heterocycles. The van der Waals surface area contributed by atoms with Gasteiger partial charge in [-0.05, 0) is 12.5 Å². The van der Waals surface area contributed by atoms with E-state index in [9.17, 15) is 5.11 Å². The Balaban J connectivity index is 2.20. The third-order valence-corrected chi connectivity index (χ3v) is 3.75. The Morgan fingerprint density at radius 2 is 2.24 bits per heavy atom. The highest BCUT2D eigenvalue weighted by Gasteiger charge is 2.37. The maximum atomic E-state index is 10.8. The first-order valence-corrected chi connectivity index (χ1v) is 6.62. The summed E-state index contributed by atoms with van der Waals surface area (Å²) in [5.74, 6) is 0. The summed E-state index contributed by atoms with van der Waals surface area (Å²) < 4.78 is 5.67. The molecule has 1 aromatic rings. The quantitative estimate of drug-likeness (QED) is 0.895. The number of benzene rings is 1. The molecule has 0 amide bonds. The molecule has 17 heavy (non-hydrogen) atoms. The molecule has 1 fully saturated rings. The molecule has 3 heteroatoms. The number of rotatable bonds is 3. The number of hydrogen-bond donors (Lipinski definition) is 1. The highest BCUT2D eigenvalue weighted by atomic mass is 35.5. The first-order chi connectivity index (χ1) is 8.15. The number of aliphatic hydroxyl groups is 1. The minimum Gasteiger partial charge on any atom is -0.385 e. The summed E-state index contributed by atoms with van der Waals surface area (Å²) in [5, 5.41) is 11.4. The first kappa shape index (κ1) is 12.9. The molecule has 0 aromatic heterocycles. The third-order valence-electron chi connectivity index (χ3n) is 3.42. The van der Waals surface area contributed by atoms with Crippen molar-refractivity contribution in [3.63, 3.8) is 0 Å². The molecule has 2 unspecified atom stereocenters. The van der Waals surface area contributed by atoms with Crippen molar-refractivity contribution in [2.24, 2.45) is 0 Å². The maximum absolute atomic E-state index is 10.8. The molecule has 0 aliphatic carbocycles. The van der Waals surface area contributed by atoms with Gasteiger partial charge in [-0.1, -0.05) is 43.1 Å². The van der Waals surface area contributed by atoms with Crippen molar-refractivity contribution >= 4 is 11.6 Å². The summed E-state index contributed by atoms with van der Waals surface area (Å²) in [5.41, 5.74) is 0.0160. The van der Waals surface area contributed by atoms with Gasteiger partial charge in [-0.2, -0.15) is 0 Å². The van der Waals surface area contributed by atoms with E-state index in [0.717, 1.165) is 18.4 Å². The lowest BCUT2D eigenvalue weighted by Crippen LogP contribution is -2.38. The predicted molar refractivity (Wildman–Crippen MR) is 69.2 cm³/mol. The summed E-state index contributed by atoms with van der Waals surface area (Å²) in [6.45, 7) is 2.74. The van der Waals surface area contributed by atoms with Crippen molar-refractivity contribution < 1.29 is 9.84 Å². The SMILES string of the molecule is CCCC1CC(O)(c2ccccc2Cl)CCO1. The molecule has 1 saturated heterocycles. The minimum atomic E-state index is -0.823. The Labute approximate surface area is 108 Å². The Hall–Kier alpha value is -0.570. The highest BCUT2D eigenvalue weighted by molar-refractivity contribution is 6.31.